The van der Waals surface area contributed by atoms with Crippen LogP contribution in [-0.4, -0.2) is 11.8 Å². The molecular formula is C19H31NO. The van der Waals surface area contributed by atoms with E-state index < -0.39 is 0 Å². The number of Topliss-reactive ketones (excluding diaryl/α,β-unsaturated/α-hetero) is 1. The molecule has 2 N–H and O–H groups in total. The highest BCUT2D eigenvalue weighted by atomic mass is 16.1. The van der Waals surface area contributed by atoms with Crippen molar-refractivity contribution in [1.29, 1.82) is 0 Å². The normalized spacial score (nSPS) is 17.2. The molecule has 0 heterocycles. The van der Waals surface area contributed by atoms with Crippen molar-refractivity contribution in [3.63, 3.8) is 0 Å². The fourth-order valence-electron chi connectivity index (χ4n) is 2.72. The quantitative estimate of drug-likeness (QED) is 0.467. The van der Waals surface area contributed by atoms with Gasteiger partial charge in [-0.2, -0.15) is 0 Å². The molecule has 0 aliphatic heterocycles. The van der Waals surface area contributed by atoms with E-state index in [4.69, 9.17) is 5.73 Å². The van der Waals surface area contributed by atoms with Gasteiger partial charge >= 0.3 is 0 Å². The smallest absolute Gasteiger partial charge is 0.129 e. The summed E-state index contributed by atoms with van der Waals surface area (Å²) in [7, 11) is 0. The topological polar surface area (TPSA) is 43.1 Å². The first-order valence-electron chi connectivity index (χ1n) is 8.30. The fourth-order valence-corrected chi connectivity index (χ4v) is 2.72. The maximum Gasteiger partial charge on any atom is 0.129 e. The van der Waals surface area contributed by atoms with Crippen LogP contribution in [0.25, 0.3) is 0 Å². The summed E-state index contributed by atoms with van der Waals surface area (Å²) in [6.45, 7) is 8.14. The zero-order valence-electron chi connectivity index (χ0n) is 13.7. The van der Waals surface area contributed by atoms with Crippen LogP contribution in [0.3, 0.4) is 0 Å². The lowest BCUT2D eigenvalue weighted by Crippen LogP contribution is -2.24. The van der Waals surface area contributed by atoms with Gasteiger partial charge in [-0.05, 0) is 50.5 Å². The molecule has 0 saturated heterocycles. The van der Waals surface area contributed by atoms with E-state index in [1.54, 1.807) is 6.92 Å². The molecule has 2 heteroatoms. The van der Waals surface area contributed by atoms with Crippen LogP contribution in [0, 0.1) is 5.92 Å². The molecule has 118 valence electrons. The molecule has 0 amide bonds. The van der Waals surface area contributed by atoms with Gasteiger partial charge in [0.15, 0.2) is 0 Å². The third-order valence-electron chi connectivity index (χ3n) is 4.30. The summed E-state index contributed by atoms with van der Waals surface area (Å²) < 4.78 is 0. The molecule has 2 nitrogen and oxygen atoms in total. The van der Waals surface area contributed by atoms with Crippen LogP contribution in [-0.2, 0) is 4.79 Å². The van der Waals surface area contributed by atoms with Crippen LogP contribution in [0.1, 0.15) is 65.2 Å². The van der Waals surface area contributed by atoms with Gasteiger partial charge in [0.25, 0.3) is 0 Å². The number of carbonyl (C=O) groups excluding carboxylic acids is 1. The third-order valence-corrected chi connectivity index (χ3v) is 4.30. The Bertz CT molecular complexity index is 406. The van der Waals surface area contributed by atoms with Crippen LogP contribution in [0.4, 0.5) is 0 Å². The number of hydrogen-bond donors (Lipinski definition) is 1. The van der Waals surface area contributed by atoms with E-state index >= 15 is 0 Å². The molecule has 0 aromatic heterocycles. The summed E-state index contributed by atoms with van der Waals surface area (Å²) in [5, 5.41) is 0. The van der Waals surface area contributed by atoms with Crippen LogP contribution in [0.15, 0.2) is 36.0 Å². The predicted molar refractivity (Wildman–Crippen MR) is 91.1 cm³/mol. The van der Waals surface area contributed by atoms with Gasteiger partial charge in [-0.1, -0.05) is 50.1 Å². The molecule has 0 aromatic carbocycles. The Morgan fingerprint density at radius 1 is 1.33 bits per heavy atom. The van der Waals surface area contributed by atoms with Gasteiger partial charge in [-0.3, -0.25) is 0 Å². The zero-order valence-corrected chi connectivity index (χ0v) is 13.7. The molecule has 0 saturated carbocycles. The summed E-state index contributed by atoms with van der Waals surface area (Å²) in [6.07, 6.45) is 14.9. The monoisotopic (exact) mass is 289 g/mol. The van der Waals surface area contributed by atoms with E-state index in [2.05, 4.69) is 31.7 Å². The van der Waals surface area contributed by atoms with Gasteiger partial charge in [0.1, 0.15) is 5.78 Å². The first-order valence-corrected chi connectivity index (χ1v) is 8.30. The molecule has 0 bridgehead atoms. The van der Waals surface area contributed by atoms with E-state index in [1.807, 2.05) is 0 Å². The van der Waals surface area contributed by atoms with E-state index in [0.717, 1.165) is 44.9 Å². The summed E-state index contributed by atoms with van der Waals surface area (Å²) in [5.41, 5.74) is 8.80. The summed E-state index contributed by atoms with van der Waals surface area (Å²) in [4.78, 5) is 10.9. The Hall–Kier alpha value is -1.15. The lowest BCUT2D eigenvalue weighted by Gasteiger charge is -2.20. The third kappa shape index (κ3) is 7.42. The highest BCUT2D eigenvalue weighted by Crippen LogP contribution is 2.24. The van der Waals surface area contributed by atoms with E-state index in [0.29, 0.717) is 11.7 Å². The Kier molecular flexibility index (Phi) is 8.29. The zero-order chi connectivity index (χ0) is 15.7. The Balaban J connectivity index is 2.22. The van der Waals surface area contributed by atoms with E-state index in [-0.39, 0.29) is 6.04 Å². The fraction of sp³-hybridized carbons (Fsp3) is 0.632. The van der Waals surface area contributed by atoms with Gasteiger partial charge in [-0.15, -0.1) is 0 Å². The first kappa shape index (κ1) is 17.9. The van der Waals surface area contributed by atoms with Crippen molar-refractivity contribution >= 4 is 5.78 Å². The molecule has 1 rings (SSSR count). The molecule has 2 atom stereocenters. The van der Waals surface area contributed by atoms with Gasteiger partial charge in [-0.25, -0.2) is 0 Å². The van der Waals surface area contributed by atoms with Gasteiger partial charge in [0.2, 0.25) is 0 Å². The molecule has 0 spiro atoms. The average Bonchev–Trinajstić information content (AvgIpc) is 2.47. The lowest BCUT2D eigenvalue weighted by molar-refractivity contribution is -0.117. The van der Waals surface area contributed by atoms with E-state index in [1.165, 1.54) is 17.6 Å². The molecule has 1 aliphatic rings. The number of hydrogen-bond acceptors (Lipinski definition) is 2. The second kappa shape index (κ2) is 9.73. The van der Waals surface area contributed by atoms with Crippen LogP contribution >= 0.6 is 0 Å². The average molecular weight is 289 g/mol. The van der Waals surface area contributed by atoms with Crippen molar-refractivity contribution in [2.75, 3.05) is 0 Å². The number of unbranched alkanes of at least 4 members (excludes halogenated alkanes) is 2. The highest BCUT2D eigenvalue weighted by Gasteiger charge is 2.14. The largest absolute Gasteiger partial charge is 0.324 e. The van der Waals surface area contributed by atoms with Crippen LogP contribution < -0.4 is 5.73 Å². The minimum Gasteiger partial charge on any atom is -0.324 e. The summed E-state index contributed by atoms with van der Waals surface area (Å²) >= 11 is 0. The number of ketones is 1. The van der Waals surface area contributed by atoms with Crippen molar-refractivity contribution in [2.45, 2.75) is 71.3 Å². The molecule has 2 unspecified atom stereocenters. The minimum absolute atomic E-state index is 0.0919. The maximum atomic E-state index is 10.9. The van der Waals surface area contributed by atoms with Crippen LogP contribution in [0.2, 0.25) is 0 Å². The Morgan fingerprint density at radius 3 is 2.71 bits per heavy atom. The van der Waals surface area contributed by atoms with Gasteiger partial charge in [0.05, 0.1) is 0 Å². The standard InChI is InChI=1S/C19H31NO/c1-15(10-6-4-7-11-17(3)21)16(2)14-19(20)18-12-8-5-9-13-18/h8,12-13,15,19H,2,4-7,9-11,14,20H2,1,3H3. The van der Waals surface area contributed by atoms with Crippen molar-refractivity contribution in [1.82, 2.24) is 0 Å². The molecule has 0 radical (unpaired) electrons. The van der Waals surface area contributed by atoms with Crippen molar-refractivity contribution in [3.05, 3.63) is 36.0 Å². The predicted octanol–water partition coefficient (Wildman–Crippen LogP) is 4.71. The van der Waals surface area contributed by atoms with Crippen molar-refractivity contribution < 1.29 is 4.79 Å². The Labute approximate surface area is 130 Å². The second-order valence-electron chi connectivity index (χ2n) is 6.36. The van der Waals surface area contributed by atoms with Crippen molar-refractivity contribution in [2.24, 2.45) is 11.7 Å². The minimum atomic E-state index is 0.0919. The molecule has 1 aliphatic carbocycles. The molecule has 0 fully saturated rings. The summed E-state index contributed by atoms with van der Waals surface area (Å²) in [6, 6.07) is 0.0919. The van der Waals surface area contributed by atoms with Gasteiger partial charge in [0, 0.05) is 12.5 Å². The highest BCUT2D eigenvalue weighted by molar-refractivity contribution is 5.75. The van der Waals surface area contributed by atoms with Crippen LogP contribution in [0.5, 0.6) is 0 Å². The van der Waals surface area contributed by atoms with E-state index in [9.17, 15) is 4.79 Å². The van der Waals surface area contributed by atoms with Gasteiger partial charge < -0.3 is 10.5 Å². The number of allylic oxidation sites excluding steroid dienone is 2. The second-order valence-corrected chi connectivity index (χ2v) is 6.36. The maximum absolute atomic E-state index is 10.9. The molecule has 0 aromatic rings. The molecular weight excluding hydrogens is 258 g/mol. The lowest BCUT2D eigenvalue weighted by atomic mass is 9.88. The first-order chi connectivity index (χ1) is 10.0. The molecule has 21 heavy (non-hydrogen) atoms. The van der Waals surface area contributed by atoms with Crippen molar-refractivity contribution in [3.8, 4) is 0 Å². The number of carbonyl (C=O) groups is 1. The number of rotatable bonds is 10. The SMILES string of the molecule is C=C(CC(N)C1=CCCC=C1)C(C)CCCCCC(C)=O. The number of nitrogens with two attached hydrogens (primary N) is 1. The Morgan fingerprint density at radius 2 is 2.10 bits per heavy atom. The summed E-state index contributed by atoms with van der Waals surface area (Å²) in [5.74, 6) is 0.814.